The van der Waals surface area contributed by atoms with Gasteiger partial charge in [0.25, 0.3) is 0 Å². The molecule has 0 bridgehead atoms. The van der Waals surface area contributed by atoms with Crippen molar-refractivity contribution in [1.82, 2.24) is 0 Å². The molecule has 1 fully saturated rings. The van der Waals surface area contributed by atoms with Crippen molar-refractivity contribution in [3.05, 3.63) is 23.8 Å². The zero-order valence-electron chi connectivity index (χ0n) is 9.96. The molecule has 1 aromatic carbocycles. The van der Waals surface area contributed by atoms with Gasteiger partial charge < -0.3 is 15.3 Å². The first-order valence-corrected chi connectivity index (χ1v) is 5.93. The Bertz CT molecular complexity index is 620. The Balaban J connectivity index is 1.95. The number of carboxylic acid groups (broad SMARTS) is 1. The van der Waals surface area contributed by atoms with Crippen LogP contribution in [-0.2, 0) is 9.59 Å². The summed E-state index contributed by atoms with van der Waals surface area (Å²) in [5.41, 5.74) is 1.82. The van der Waals surface area contributed by atoms with E-state index in [4.69, 9.17) is 10.4 Å². The highest BCUT2D eigenvalue weighted by atomic mass is 16.4. The van der Waals surface area contributed by atoms with Crippen molar-refractivity contribution < 1.29 is 14.7 Å². The fourth-order valence-electron chi connectivity index (χ4n) is 2.47. The molecule has 1 saturated carbocycles. The molecule has 1 heterocycles. The summed E-state index contributed by atoms with van der Waals surface area (Å²) in [5, 5.41) is 20.5. The zero-order chi connectivity index (χ0) is 13.6. The normalized spacial score (nSPS) is 24.2. The van der Waals surface area contributed by atoms with Gasteiger partial charge in [-0.25, -0.2) is 0 Å². The third-order valence-electron chi connectivity index (χ3n) is 3.50. The van der Waals surface area contributed by atoms with E-state index < -0.39 is 11.9 Å². The Kier molecular flexibility index (Phi) is 2.42. The Morgan fingerprint density at radius 3 is 2.95 bits per heavy atom. The summed E-state index contributed by atoms with van der Waals surface area (Å²) in [4.78, 5) is 24.4. The maximum absolute atomic E-state index is 11.7. The van der Waals surface area contributed by atoms with E-state index in [0.717, 1.165) is 5.69 Å². The molecule has 0 saturated heterocycles. The summed E-state index contributed by atoms with van der Waals surface area (Å²) in [5.74, 6) is -1.42. The molecule has 19 heavy (non-hydrogen) atoms. The minimum Gasteiger partial charge on any atom is -0.481 e. The van der Waals surface area contributed by atoms with Crippen LogP contribution in [0.3, 0.4) is 0 Å². The van der Waals surface area contributed by atoms with Gasteiger partial charge in [-0.15, -0.1) is 0 Å². The summed E-state index contributed by atoms with van der Waals surface area (Å²) in [6, 6.07) is 6.92. The number of amides is 1. The number of fused-ring (bicyclic) bond motifs is 1. The number of anilines is 2. The lowest BCUT2D eigenvalue weighted by Crippen LogP contribution is -2.40. The fraction of sp³-hybridized carbons (Fsp3) is 0.308. The summed E-state index contributed by atoms with van der Waals surface area (Å²) in [6.07, 6.45) is 0.558. The lowest BCUT2D eigenvalue weighted by atomic mass is 10.1. The molecule has 2 N–H and O–H groups in total. The van der Waals surface area contributed by atoms with Gasteiger partial charge in [0.1, 0.15) is 0 Å². The van der Waals surface area contributed by atoms with Crippen LogP contribution in [0.5, 0.6) is 0 Å². The predicted octanol–water partition coefficient (Wildman–Crippen LogP) is 0.790. The van der Waals surface area contributed by atoms with Crippen LogP contribution in [0.1, 0.15) is 12.0 Å². The predicted molar refractivity (Wildman–Crippen MR) is 66.7 cm³/mol. The summed E-state index contributed by atoms with van der Waals surface area (Å²) < 4.78 is 0. The molecule has 2 atom stereocenters. The van der Waals surface area contributed by atoms with Crippen LogP contribution in [0.25, 0.3) is 0 Å². The molecule has 6 nitrogen and oxygen atoms in total. The Labute approximate surface area is 109 Å². The maximum atomic E-state index is 11.7. The second-order valence-corrected chi connectivity index (χ2v) is 4.77. The number of hydrogen-bond acceptors (Lipinski definition) is 4. The molecular weight excluding hydrogens is 246 g/mol. The Morgan fingerprint density at radius 2 is 2.32 bits per heavy atom. The van der Waals surface area contributed by atoms with Gasteiger partial charge in [0, 0.05) is 6.04 Å². The van der Waals surface area contributed by atoms with Gasteiger partial charge in [-0.3, -0.25) is 9.59 Å². The molecule has 1 aromatic rings. The van der Waals surface area contributed by atoms with Crippen molar-refractivity contribution in [2.75, 3.05) is 16.8 Å². The number of nitriles is 1. The average Bonchev–Trinajstić information content (AvgIpc) is 3.17. The van der Waals surface area contributed by atoms with Gasteiger partial charge in [0.2, 0.25) is 5.91 Å². The van der Waals surface area contributed by atoms with E-state index in [0.29, 0.717) is 17.7 Å². The van der Waals surface area contributed by atoms with Crippen LogP contribution in [0.2, 0.25) is 0 Å². The summed E-state index contributed by atoms with van der Waals surface area (Å²) >= 11 is 0. The molecule has 1 aliphatic carbocycles. The Morgan fingerprint density at radius 1 is 1.53 bits per heavy atom. The number of carboxylic acids is 1. The number of carbonyl (C=O) groups excluding carboxylic acids is 1. The highest BCUT2D eigenvalue weighted by Crippen LogP contribution is 2.42. The smallest absolute Gasteiger partial charge is 0.308 e. The first-order valence-electron chi connectivity index (χ1n) is 5.93. The SMILES string of the molecule is N#Cc1ccc2c(c1)NC(=O)CN2C1CC1C(=O)O. The Hall–Kier alpha value is -2.55. The molecule has 1 aliphatic heterocycles. The fourth-order valence-corrected chi connectivity index (χ4v) is 2.47. The number of carbonyl (C=O) groups is 2. The van der Waals surface area contributed by atoms with Crippen molar-refractivity contribution in [1.29, 1.82) is 5.26 Å². The molecule has 1 amide bonds. The zero-order valence-corrected chi connectivity index (χ0v) is 9.96. The molecule has 0 spiro atoms. The lowest BCUT2D eigenvalue weighted by molar-refractivity contribution is -0.138. The van der Waals surface area contributed by atoms with Crippen molar-refractivity contribution in [2.24, 2.45) is 5.92 Å². The number of nitrogens with zero attached hydrogens (tertiary/aromatic N) is 2. The van der Waals surface area contributed by atoms with E-state index >= 15 is 0 Å². The topological polar surface area (TPSA) is 93.4 Å². The standard InChI is InChI=1S/C13H11N3O3/c14-5-7-1-2-10-9(3-7)15-12(17)6-16(10)11-4-8(11)13(18)19/h1-3,8,11H,4,6H2,(H,15,17)(H,18,19). The summed E-state index contributed by atoms with van der Waals surface area (Å²) in [7, 11) is 0. The number of rotatable bonds is 2. The van der Waals surface area contributed by atoms with Crippen LogP contribution in [0.4, 0.5) is 11.4 Å². The van der Waals surface area contributed by atoms with E-state index in [1.807, 2.05) is 11.0 Å². The summed E-state index contributed by atoms with van der Waals surface area (Å²) in [6.45, 7) is 0.160. The monoisotopic (exact) mass is 257 g/mol. The van der Waals surface area contributed by atoms with Crippen LogP contribution in [-0.4, -0.2) is 29.6 Å². The number of hydrogen-bond donors (Lipinski definition) is 2. The highest BCUT2D eigenvalue weighted by Gasteiger charge is 2.49. The molecule has 2 unspecified atom stereocenters. The van der Waals surface area contributed by atoms with Gasteiger partial charge in [-0.1, -0.05) is 0 Å². The van der Waals surface area contributed by atoms with E-state index in [-0.39, 0.29) is 18.5 Å². The largest absolute Gasteiger partial charge is 0.481 e. The van der Waals surface area contributed by atoms with E-state index in [9.17, 15) is 9.59 Å². The quantitative estimate of drug-likeness (QED) is 0.817. The molecular formula is C13H11N3O3. The second-order valence-electron chi connectivity index (χ2n) is 4.77. The van der Waals surface area contributed by atoms with Gasteiger partial charge in [0.15, 0.2) is 0 Å². The molecule has 6 heteroatoms. The van der Waals surface area contributed by atoms with Gasteiger partial charge in [-0.05, 0) is 24.6 Å². The van der Waals surface area contributed by atoms with Crippen LogP contribution < -0.4 is 10.2 Å². The molecule has 2 aliphatic rings. The minimum absolute atomic E-state index is 0.129. The molecule has 96 valence electrons. The van der Waals surface area contributed by atoms with Crippen LogP contribution in [0.15, 0.2) is 18.2 Å². The van der Waals surface area contributed by atoms with Crippen molar-refractivity contribution >= 4 is 23.3 Å². The van der Waals surface area contributed by atoms with Gasteiger partial charge in [0.05, 0.1) is 35.5 Å². The van der Waals surface area contributed by atoms with Crippen LogP contribution >= 0.6 is 0 Å². The number of nitrogens with one attached hydrogen (secondary N) is 1. The van der Waals surface area contributed by atoms with Crippen molar-refractivity contribution in [3.8, 4) is 6.07 Å². The average molecular weight is 257 g/mol. The second kappa shape index (κ2) is 3.99. The van der Waals surface area contributed by atoms with E-state index in [1.165, 1.54) is 0 Å². The third kappa shape index (κ3) is 1.89. The lowest BCUT2D eigenvalue weighted by Gasteiger charge is -2.31. The van der Waals surface area contributed by atoms with Crippen molar-refractivity contribution in [3.63, 3.8) is 0 Å². The number of benzene rings is 1. The minimum atomic E-state index is -0.828. The molecule has 0 radical (unpaired) electrons. The van der Waals surface area contributed by atoms with Crippen LogP contribution in [0, 0.1) is 17.2 Å². The first-order chi connectivity index (χ1) is 9.10. The maximum Gasteiger partial charge on any atom is 0.308 e. The molecule has 3 rings (SSSR count). The van der Waals surface area contributed by atoms with Gasteiger partial charge >= 0.3 is 5.97 Å². The highest BCUT2D eigenvalue weighted by molar-refractivity contribution is 6.02. The first kappa shape index (κ1) is 11.5. The van der Waals surface area contributed by atoms with E-state index in [1.54, 1.807) is 18.2 Å². The van der Waals surface area contributed by atoms with Crippen molar-refractivity contribution in [2.45, 2.75) is 12.5 Å². The van der Waals surface area contributed by atoms with E-state index in [2.05, 4.69) is 5.32 Å². The molecule has 0 aromatic heterocycles. The van der Waals surface area contributed by atoms with Gasteiger partial charge in [-0.2, -0.15) is 5.26 Å². The number of aliphatic carboxylic acids is 1. The third-order valence-corrected chi connectivity index (χ3v) is 3.50.